The number of aromatic carboxylic acids is 1. The van der Waals surface area contributed by atoms with Crippen molar-refractivity contribution in [2.75, 3.05) is 19.7 Å². The maximum absolute atomic E-state index is 14.2. The molecule has 3 unspecified atom stereocenters. The summed E-state index contributed by atoms with van der Waals surface area (Å²) in [6, 6.07) is 14.7. The van der Waals surface area contributed by atoms with Gasteiger partial charge in [0.15, 0.2) is 0 Å². The molecule has 42 heavy (non-hydrogen) atoms. The first-order valence-corrected chi connectivity index (χ1v) is 14.5. The molecule has 0 amide bonds. The van der Waals surface area contributed by atoms with Gasteiger partial charge in [-0.15, -0.1) is 0 Å². The third-order valence-corrected chi connectivity index (χ3v) is 8.49. The monoisotopic (exact) mass is 594 g/mol. The molecule has 0 saturated carbocycles. The molecule has 6 rings (SSSR count). The standard InChI is InChI=1S/C31H32ClFN4O5/c1-18(30-35-26-8-6-19(31(39)40)13-27(26)37(30)15-22-10-12-41-22)36-11-9-23(28(38)16-36)25-3-2-4-29(34-25)42-17-20-5-7-21(32)14-24(20)33/h2-8,13-14,18,22-23,28,38H,9-12,15-17H2,1H3,(H,39,40)/t18?,22-,23?,28?/m0/s1. The summed E-state index contributed by atoms with van der Waals surface area (Å²) < 4.78 is 27.7. The Morgan fingerprint density at radius 3 is 2.74 bits per heavy atom. The minimum absolute atomic E-state index is 0.0127. The van der Waals surface area contributed by atoms with Crippen molar-refractivity contribution >= 4 is 28.6 Å². The van der Waals surface area contributed by atoms with E-state index in [0.29, 0.717) is 42.5 Å². The molecule has 4 aromatic rings. The molecule has 2 fully saturated rings. The molecule has 2 saturated heterocycles. The second-order valence-electron chi connectivity index (χ2n) is 10.9. The molecule has 0 radical (unpaired) electrons. The van der Waals surface area contributed by atoms with E-state index in [9.17, 15) is 19.4 Å². The highest BCUT2D eigenvalue weighted by molar-refractivity contribution is 6.30. The molecule has 9 nitrogen and oxygen atoms in total. The Hall–Kier alpha value is -3.57. The van der Waals surface area contributed by atoms with Gasteiger partial charge >= 0.3 is 5.97 Å². The van der Waals surface area contributed by atoms with Crippen molar-refractivity contribution in [2.24, 2.45) is 0 Å². The van der Waals surface area contributed by atoms with Gasteiger partial charge in [-0.05, 0) is 62.7 Å². The van der Waals surface area contributed by atoms with E-state index >= 15 is 0 Å². The van der Waals surface area contributed by atoms with Crippen LogP contribution in [0.4, 0.5) is 4.39 Å². The Kier molecular flexibility index (Phi) is 8.13. The van der Waals surface area contributed by atoms with Crippen molar-refractivity contribution in [3.05, 3.63) is 88.1 Å². The Morgan fingerprint density at radius 1 is 1.19 bits per heavy atom. The second-order valence-corrected chi connectivity index (χ2v) is 11.4. The molecule has 4 heterocycles. The number of carboxylic acids is 1. The third-order valence-electron chi connectivity index (χ3n) is 8.25. The lowest BCUT2D eigenvalue weighted by atomic mass is 9.89. The molecule has 2 N–H and O–H groups in total. The lowest BCUT2D eigenvalue weighted by Gasteiger charge is -2.39. The molecular formula is C31H32ClFN4O5. The number of fused-ring (bicyclic) bond motifs is 1. The van der Waals surface area contributed by atoms with Gasteiger partial charge in [0.25, 0.3) is 0 Å². The Morgan fingerprint density at radius 2 is 2.02 bits per heavy atom. The van der Waals surface area contributed by atoms with Crippen LogP contribution in [0.1, 0.15) is 59.2 Å². The molecule has 2 aromatic heterocycles. The molecule has 4 atom stereocenters. The maximum atomic E-state index is 14.2. The molecule has 2 aliphatic rings. The molecule has 11 heteroatoms. The first kappa shape index (κ1) is 28.5. The van der Waals surface area contributed by atoms with Crippen LogP contribution in [0.5, 0.6) is 5.88 Å². The summed E-state index contributed by atoms with van der Waals surface area (Å²) in [7, 11) is 0. The van der Waals surface area contributed by atoms with Crippen molar-refractivity contribution in [3.63, 3.8) is 0 Å². The van der Waals surface area contributed by atoms with Gasteiger partial charge in [0.2, 0.25) is 5.88 Å². The maximum Gasteiger partial charge on any atom is 0.335 e. The van der Waals surface area contributed by atoms with Crippen LogP contribution < -0.4 is 4.74 Å². The first-order chi connectivity index (χ1) is 20.3. The van der Waals surface area contributed by atoms with Gasteiger partial charge in [-0.3, -0.25) is 4.90 Å². The van der Waals surface area contributed by atoms with E-state index in [-0.39, 0.29) is 30.2 Å². The average Bonchev–Trinajstić information content (AvgIpc) is 3.31. The van der Waals surface area contributed by atoms with Gasteiger partial charge in [0.1, 0.15) is 18.2 Å². The molecule has 2 aromatic carbocycles. The topological polar surface area (TPSA) is 110 Å². The second kappa shape index (κ2) is 12.0. The predicted octanol–water partition coefficient (Wildman–Crippen LogP) is 5.20. The van der Waals surface area contributed by atoms with E-state index in [1.54, 1.807) is 36.4 Å². The number of hydrogen-bond acceptors (Lipinski definition) is 7. The highest BCUT2D eigenvalue weighted by Crippen LogP contribution is 2.34. The van der Waals surface area contributed by atoms with Gasteiger partial charge in [-0.2, -0.15) is 0 Å². The van der Waals surface area contributed by atoms with Crippen molar-refractivity contribution in [2.45, 2.75) is 57.1 Å². The largest absolute Gasteiger partial charge is 0.478 e. The summed E-state index contributed by atoms with van der Waals surface area (Å²) in [5.41, 5.74) is 2.81. The fourth-order valence-corrected chi connectivity index (χ4v) is 5.90. The predicted molar refractivity (Wildman–Crippen MR) is 154 cm³/mol. The Labute approximate surface area is 247 Å². The number of aliphatic hydroxyl groups excluding tert-OH is 1. The van der Waals surface area contributed by atoms with E-state index < -0.39 is 17.9 Å². The van der Waals surface area contributed by atoms with Gasteiger partial charge in [0.05, 0.1) is 47.1 Å². The van der Waals surface area contributed by atoms with Crippen LogP contribution in [0.3, 0.4) is 0 Å². The molecular weight excluding hydrogens is 563 g/mol. The number of halogens is 2. The number of imidazole rings is 1. The van der Waals surface area contributed by atoms with Crippen molar-refractivity contribution < 1.29 is 28.9 Å². The van der Waals surface area contributed by atoms with Gasteiger partial charge in [-0.25, -0.2) is 19.2 Å². The van der Waals surface area contributed by atoms with Crippen molar-refractivity contribution in [1.82, 2.24) is 19.4 Å². The number of pyridine rings is 1. The number of carbonyl (C=O) groups is 1. The zero-order valence-electron chi connectivity index (χ0n) is 23.1. The van der Waals surface area contributed by atoms with Crippen LogP contribution >= 0.6 is 11.6 Å². The van der Waals surface area contributed by atoms with Crippen LogP contribution in [0, 0.1) is 5.82 Å². The number of ether oxygens (including phenoxy) is 2. The quantitative estimate of drug-likeness (QED) is 0.272. The number of nitrogens with zero attached hydrogens (tertiary/aromatic N) is 4. The molecule has 0 aliphatic carbocycles. The van der Waals surface area contributed by atoms with Crippen LogP contribution in [-0.4, -0.2) is 67.5 Å². The Balaban J connectivity index is 1.17. The number of benzene rings is 2. The van der Waals surface area contributed by atoms with E-state index in [1.165, 1.54) is 6.07 Å². The SMILES string of the molecule is CC(c1nc2ccc(C(=O)O)cc2n1C[C@@H]1CCO1)N1CCC(c2cccc(OCc3ccc(Cl)cc3F)n2)C(O)C1. The van der Waals surface area contributed by atoms with Gasteiger partial charge in [-0.1, -0.05) is 23.7 Å². The first-order valence-electron chi connectivity index (χ1n) is 14.1. The lowest BCUT2D eigenvalue weighted by Crippen LogP contribution is -2.44. The number of aromatic nitrogens is 3. The van der Waals surface area contributed by atoms with Gasteiger partial charge in [0, 0.05) is 35.7 Å². The number of piperidine rings is 1. The van der Waals surface area contributed by atoms with E-state index in [0.717, 1.165) is 35.6 Å². The van der Waals surface area contributed by atoms with Crippen molar-refractivity contribution in [1.29, 1.82) is 0 Å². The van der Waals surface area contributed by atoms with E-state index in [2.05, 4.69) is 21.4 Å². The fourth-order valence-electron chi connectivity index (χ4n) is 5.74. The summed E-state index contributed by atoms with van der Waals surface area (Å²) in [6.45, 7) is 4.51. The molecule has 2 aliphatic heterocycles. The zero-order chi connectivity index (χ0) is 29.4. The summed E-state index contributed by atoms with van der Waals surface area (Å²) in [4.78, 5) is 23.4. The highest BCUT2D eigenvalue weighted by atomic mass is 35.5. The van der Waals surface area contributed by atoms with Crippen LogP contribution in [0.15, 0.2) is 54.6 Å². The minimum atomic E-state index is -0.982. The minimum Gasteiger partial charge on any atom is -0.478 e. The molecule has 0 spiro atoms. The number of β-amino-alcohol motifs (C(OH)–C–C–N with tert-alkyl or cyclic N) is 1. The number of carboxylic acid groups (broad SMARTS) is 1. The summed E-state index contributed by atoms with van der Waals surface area (Å²) in [5.74, 6) is -0.435. The normalized spacial score (nSPS) is 21.7. The van der Waals surface area contributed by atoms with Gasteiger partial charge < -0.3 is 24.3 Å². The van der Waals surface area contributed by atoms with Crippen molar-refractivity contribution in [3.8, 4) is 5.88 Å². The zero-order valence-corrected chi connectivity index (χ0v) is 23.9. The average molecular weight is 595 g/mol. The summed E-state index contributed by atoms with van der Waals surface area (Å²) in [5, 5.41) is 21.1. The molecule has 220 valence electrons. The van der Waals surface area contributed by atoms with E-state index in [4.69, 9.17) is 26.1 Å². The molecule has 0 bridgehead atoms. The van der Waals surface area contributed by atoms with Crippen LogP contribution in [-0.2, 0) is 17.9 Å². The highest BCUT2D eigenvalue weighted by Gasteiger charge is 2.34. The summed E-state index contributed by atoms with van der Waals surface area (Å²) in [6.07, 6.45) is 1.00. The number of rotatable bonds is 9. The number of hydrogen-bond donors (Lipinski definition) is 2. The van der Waals surface area contributed by atoms with Crippen LogP contribution in [0.2, 0.25) is 5.02 Å². The lowest BCUT2D eigenvalue weighted by molar-refractivity contribution is -0.0596. The summed E-state index contributed by atoms with van der Waals surface area (Å²) >= 11 is 5.84. The third kappa shape index (κ3) is 5.85. The van der Waals surface area contributed by atoms with E-state index in [1.807, 2.05) is 12.1 Å². The number of likely N-dealkylation sites (tertiary alicyclic amines) is 1. The Bertz CT molecular complexity index is 1610. The smallest absolute Gasteiger partial charge is 0.335 e. The number of aliphatic hydroxyl groups is 1. The van der Waals surface area contributed by atoms with Crippen LogP contribution in [0.25, 0.3) is 11.0 Å². The fraction of sp³-hybridized carbons (Fsp3) is 0.387.